The van der Waals surface area contributed by atoms with Gasteiger partial charge in [-0.3, -0.25) is 4.79 Å². The van der Waals surface area contributed by atoms with Crippen molar-refractivity contribution in [3.05, 3.63) is 57.6 Å². The van der Waals surface area contributed by atoms with Gasteiger partial charge in [0.15, 0.2) is 0 Å². The van der Waals surface area contributed by atoms with Gasteiger partial charge in [0.05, 0.1) is 5.02 Å². The fraction of sp³-hybridized carbons (Fsp3) is 0.316. The lowest BCUT2D eigenvalue weighted by Crippen LogP contribution is -2.38. The number of rotatable bonds is 8. The number of halogens is 2. The lowest BCUT2D eigenvalue weighted by molar-refractivity contribution is -0.137. The Kier molecular flexibility index (Phi) is 6.50. The first-order chi connectivity index (χ1) is 13.3. The first kappa shape index (κ1) is 20.9. The zero-order valence-electron chi connectivity index (χ0n) is 14.9. The van der Waals surface area contributed by atoms with Gasteiger partial charge in [-0.1, -0.05) is 29.3 Å². The third-order valence-electron chi connectivity index (χ3n) is 4.50. The van der Waals surface area contributed by atoms with E-state index in [2.05, 4.69) is 0 Å². The fourth-order valence-electron chi connectivity index (χ4n) is 3.16. The number of benzene rings is 2. The van der Waals surface area contributed by atoms with Gasteiger partial charge in [0.1, 0.15) is 23.8 Å². The van der Waals surface area contributed by atoms with E-state index in [4.69, 9.17) is 33.0 Å². The van der Waals surface area contributed by atoms with Crippen LogP contribution in [0.3, 0.4) is 0 Å². The number of fused-ring (bicyclic) bond motifs is 1. The molecule has 0 aromatic heterocycles. The number of hydrogen-bond donors (Lipinski definition) is 1. The van der Waals surface area contributed by atoms with E-state index in [0.717, 1.165) is 23.6 Å². The topological polar surface area (TPSA) is 83.9 Å². The van der Waals surface area contributed by atoms with Crippen molar-refractivity contribution in [1.82, 2.24) is 4.31 Å². The summed E-state index contributed by atoms with van der Waals surface area (Å²) in [5, 5.41) is 9.35. The molecule has 6 nitrogen and oxygen atoms in total. The number of nitrogens with zero attached hydrogens (tertiary/aromatic N) is 1. The summed E-state index contributed by atoms with van der Waals surface area (Å²) in [4.78, 5) is 11.0. The molecule has 2 aromatic carbocycles. The molecule has 3 rings (SSSR count). The molecule has 0 radical (unpaired) electrons. The van der Waals surface area contributed by atoms with E-state index in [-0.39, 0.29) is 28.1 Å². The Bertz CT molecular complexity index is 994. The Balaban J connectivity index is 1.73. The summed E-state index contributed by atoms with van der Waals surface area (Å²) in [6, 6.07) is 9.76. The highest BCUT2D eigenvalue weighted by Gasteiger charge is 2.28. The van der Waals surface area contributed by atoms with Crippen molar-refractivity contribution in [2.24, 2.45) is 0 Å². The molecule has 9 heteroatoms. The third-order valence-corrected chi connectivity index (χ3v) is 7.07. The molecule has 2 aromatic rings. The van der Waals surface area contributed by atoms with Crippen molar-refractivity contribution in [2.45, 2.75) is 24.2 Å². The van der Waals surface area contributed by atoms with Crippen LogP contribution in [-0.2, 0) is 27.7 Å². The Hall–Kier alpha value is -1.80. The molecule has 0 fully saturated rings. The van der Waals surface area contributed by atoms with E-state index in [0.29, 0.717) is 5.75 Å². The highest BCUT2D eigenvalue weighted by Crippen LogP contribution is 2.28. The highest BCUT2D eigenvalue weighted by atomic mass is 35.5. The number of aryl methyl sites for hydroxylation is 2. The monoisotopic (exact) mass is 443 g/mol. The van der Waals surface area contributed by atoms with E-state index in [1.807, 2.05) is 18.2 Å². The number of carboxylic acid groups (broad SMARTS) is 1. The molecular formula is C19H19Cl2NO5S. The summed E-state index contributed by atoms with van der Waals surface area (Å²) in [5.74, 6) is -0.635. The van der Waals surface area contributed by atoms with Crippen molar-refractivity contribution >= 4 is 39.2 Å². The first-order valence-electron chi connectivity index (χ1n) is 8.69. The summed E-state index contributed by atoms with van der Waals surface area (Å²) in [6.07, 6.45) is 3.18. The van der Waals surface area contributed by atoms with Crippen molar-refractivity contribution in [2.75, 3.05) is 19.7 Å². The predicted octanol–water partition coefficient (Wildman–Crippen LogP) is 3.64. The Labute approximate surface area is 173 Å². The van der Waals surface area contributed by atoms with Crippen LogP contribution in [0.15, 0.2) is 41.3 Å². The highest BCUT2D eigenvalue weighted by molar-refractivity contribution is 7.89. The minimum Gasteiger partial charge on any atom is -0.492 e. The molecule has 28 heavy (non-hydrogen) atoms. The average Bonchev–Trinajstić information content (AvgIpc) is 3.08. The van der Waals surface area contributed by atoms with Gasteiger partial charge in [-0.05, 0) is 60.7 Å². The van der Waals surface area contributed by atoms with Crippen LogP contribution in [0.2, 0.25) is 10.0 Å². The Morgan fingerprint density at radius 1 is 1.11 bits per heavy atom. The predicted molar refractivity (Wildman–Crippen MR) is 107 cm³/mol. The zero-order chi connectivity index (χ0) is 20.3. The number of hydrogen-bond acceptors (Lipinski definition) is 4. The maximum absolute atomic E-state index is 12.9. The van der Waals surface area contributed by atoms with E-state index in [1.54, 1.807) is 0 Å². The maximum Gasteiger partial charge on any atom is 0.318 e. The first-order valence-corrected chi connectivity index (χ1v) is 10.9. The molecule has 1 aliphatic rings. The van der Waals surface area contributed by atoms with Crippen molar-refractivity contribution < 1.29 is 23.1 Å². The number of sulfonamides is 1. The second-order valence-electron chi connectivity index (χ2n) is 6.44. The molecule has 0 bridgehead atoms. The van der Waals surface area contributed by atoms with Crippen LogP contribution in [0.4, 0.5) is 0 Å². The lowest BCUT2D eigenvalue weighted by atomic mass is 10.1. The van der Waals surface area contributed by atoms with Gasteiger partial charge < -0.3 is 9.84 Å². The smallest absolute Gasteiger partial charge is 0.318 e. The van der Waals surface area contributed by atoms with E-state index < -0.39 is 22.5 Å². The molecule has 1 N–H and O–H groups in total. The largest absolute Gasteiger partial charge is 0.492 e. The number of aliphatic carboxylic acids is 1. The minimum atomic E-state index is -4.13. The van der Waals surface area contributed by atoms with Crippen LogP contribution in [0.25, 0.3) is 0 Å². The van der Waals surface area contributed by atoms with Gasteiger partial charge in [-0.25, -0.2) is 8.42 Å². The van der Waals surface area contributed by atoms with E-state index in [1.165, 1.54) is 29.3 Å². The third kappa shape index (κ3) is 4.78. The van der Waals surface area contributed by atoms with Crippen LogP contribution in [0.1, 0.15) is 17.5 Å². The fourth-order valence-corrected chi connectivity index (χ4v) is 5.28. The van der Waals surface area contributed by atoms with Crippen molar-refractivity contribution in [1.29, 1.82) is 0 Å². The van der Waals surface area contributed by atoms with Gasteiger partial charge >= 0.3 is 5.97 Å². The minimum absolute atomic E-state index is 0.0104. The molecular weight excluding hydrogens is 425 g/mol. The summed E-state index contributed by atoms with van der Waals surface area (Å²) in [6.45, 7) is -0.823. The van der Waals surface area contributed by atoms with Crippen LogP contribution >= 0.6 is 23.2 Å². The van der Waals surface area contributed by atoms with Crippen LogP contribution in [-0.4, -0.2) is 43.5 Å². The number of ether oxygens (including phenoxy) is 1. The summed E-state index contributed by atoms with van der Waals surface area (Å²) < 4.78 is 32.3. The molecule has 1 aliphatic carbocycles. The van der Waals surface area contributed by atoms with Crippen LogP contribution in [0, 0.1) is 0 Å². The lowest BCUT2D eigenvalue weighted by Gasteiger charge is -2.21. The molecule has 0 saturated carbocycles. The van der Waals surface area contributed by atoms with Gasteiger partial charge in [-0.15, -0.1) is 0 Å². The molecule has 0 saturated heterocycles. The van der Waals surface area contributed by atoms with Gasteiger partial charge in [0, 0.05) is 11.6 Å². The molecule has 150 valence electrons. The Morgan fingerprint density at radius 2 is 1.86 bits per heavy atom. The van der Waals surface area contributed by atoms with E-state index in [9.17, 15) is 13.2 Å². The normalized spacial score (nSPS) is 13.5. The molecule has 0 atom stereocenters. The second kappa shape index (κ2) is 8.69. The van der Waals surface area contributed by atoms with Crippen molar-refractivity contribution in [3.63, 3.8) is 0 Å². The summed E-state index contributed by atoms with van der Waals surface area (Å²) in [5.41, 5.74) is 2.54. The molecule has 0 spiro atoms. The summed E-state index contributed by atoms with van der Waals surface area (Å²) >= 11 is 11.8. The second-order valence-corrected chi connectivity index (χ2v) is 9.19. The van der Waals surface area contributed by atoms with E-state index >= 15 is 0 Å². The quantitative estimate of drug-likeness (QED) is 0.672. The van der Waals surface area contributed by atoms with Gasteiger partial charge in [0.2, 0.25) is 10.0 Å². The molecule has 0 amide bonds. The number of carboxylic acids is 1. The molecule has 0 heterocycles. The van der Waals surface area contributed by atoms with Crippen LogP contribution < -0.4 is 4.74 Å². The SMILES string of the molecule is O=C(O)CN(CCOc1ccc2c(c1)CCC2)S(=O)(=O)c1ccc(Cl)cc1Cl. The number of carbonyl (C=O) groups is 1. The van der Waals surface area contributed by atoms with Gasteiger partial charge in [-0.2, -0.15) is 4.31 Å². The molecule has 0 aliphatic heterocycles. The average molecular weight is 444 g/mol. The van der Waals surface area contributed by atoms with Crippen molar-refractivity contribution in [3.8, 4) is 5.75 Å². The zero-order valence-corrected chi connectivity index (χ0v) is 17.2. The van der Waals surface area contributed by atoms with Gasteiger partial charge in [0.25, 0.3) is 0 Å². The van der Waals surface area contributed by atoms with Crippen LogP contribution in [0.5, 0.6) is 5.75 Å². The maximum atomic E-state index is 12.9. The summed E-state index contributed by atoms with van der Waals surface area (Å²) in [7, 11) is -4.13. The standard InChI is InChI=1S/C19H19Cl2NO5S/c20-15-5-7-18(17(21)11-15)28(25,26)22(12-19(23)24)8-9-27-16-6-4-13-2-1-3-14(13)10-16/h4-7,10-11H,1-3,8-9,12H2,(H,23,24). The molecule has 0 unspecified atom stereocenters. The Morgan fingerprint density at radius 3 is 2.57 bits per heavy atom.